The van der Waals surface area contributed by atoms with E-state index in [2.05, 4.69) is 10.0 Å². The Morgan fingerprint density at radius 1 is 1.00 bits per heavy atom. The minimum absolute atomic E-state index is 0.127. The Labute approximate surface area is 153 Å². The van der Waals surface area contributed by atoms with E-state index in [1.54, 1.807) is 0 Å². The third-order valence-electron chi connectivity index (χ3n) is 3.49. The molecule has 2 aromatic rings. The van der Waals surface area contributed by atoms with E-state index in [1.165, 1.54) is 24.3 Å². The number of ether oxygens (including phenoxy) is 1. The number of carbonyl (C=O) groups is 1. The maximum absolute atomic E-state index is 12.3. The lowest BCUT2D eigenvalue weighted by atomic mass is 10.2. The van der Waals surface area contributed by atoms with E-state index in [4.69, 9.17) is 9.84 Å². The fourth-order valence-corrected chi connectivity index (χ4v) is 3.20. The number of hydrogen-bond donors (Lipinski definition) is 3. The summed E-state index contributed by atoms with van der Waals surface area (Å²) in [6, 6.07) is 15.4. The Hall–Kier alpha value is -2.42. The van der Waals surface area contributed by atoms with Gasteiger partial charge in [0.15, 0.2) is 6.61 Å². The Kier molecular flexibility index (Phi) is 7.58. The zero-order valence-corrected chi connectivity index (χ0v) is 15.0. The Balaban J connectivity index is 1.84. The smallest absolute Gasteiger partial charge is 0.258 e. The topological polar surface area (TPSA) is 105 Å². The van der Waals surface area contributed by atoms with Crippen LogP contribution >= 0.6 is 0 Å². The van der Waals surface area contributed by atoms with Crippen molar-refractivity contribution >= 4 is 15.9 Å². The maximum atomic E-state index is 12.3. The summed E-state index contributed by atoms with van der Waals surface area (Å²) in [5.41, 5.74) is 1.05. The number of aliphatic hydroxyl groups is 1. The van der Waals surface area contributed by atoms with Gasteiger partial charge >= 0.3 is 0 Å². The number of aliphatic hydroxyl groups excluding tert-OH is 1. The van der Waals surface area contributed by atoms with Gasteiger partial charge in [-0.3, -0.25) is 4.79 Å². The molecule has 8 heteroatoms. The van der Waals surface area contributed by atoms with E-state index in [0.29, 0.717) is 18.7 Å². The second-order valence-electron chi connectivity index (χ2n) is 5.47. The van der Waals surface area contributed by atoms with Crippen molar-refractivity contribution in [2.24, 2.45) is 0 Å². The van der Waals surface area contributed by atoms with Crippen molar-refractivity contribution in [3.8, 4) is 5.75 Å². The molecule has 0 aliphatic rings. The first kappa shape index (κ1) is 19.9. The summed E-state index contributed by atoms with van der Waals surface area (Å²) in [6.07, 6.45) is 0.601. The van der Waals surface area contributed by atoms with E-state index >= 15 is 0 Å². The molecule has 1 amide bonds. The van der Waals surface area contributed by atoms with Crippen LogP contribution in [0.5, 0.6) is 5.75 Å². The van der Waals surface area contributed by atoms with Crippen molar-refractivity contribution in [3.63, 3.8) is 0 Å². The summed E-state index contributed by atoms with van der Waals surface area (Å²) < 4.78 is 32.4. The number of sulfonamides is 1. The second-order valence-corrected chi connectivity index (χ2v) is 7.23. The molecule has 26 heavy (non-hydrogen) atoms. The molecule has 140 valence electrons. The molecule has 3 N–H and O–H groups in total. The molecule has 2 rings (SSSR count). The van der Waals surface area contributed by atoms with Crippen molar-refractivity contribution in [3.05, 3.63) is 60.2 Å². The van der Waals surface area contributed by atoms with Gasteiger partial charge in [0.2, 0.25) is 10.0 Å². The summed E-state index contributed by atoms with van der Waals surface area (Å²) in [7, 11) is -3.60. The Morgan fingerprint density at radius 2 is 1.69 bits per heavy atom. The van der Waals surface area contributed by atoms with E-state index in [-0.39, 0.29) is 30.6 Å². The van der Waals surface area contributed by atoms with E-state index in [0.717, 1.165) is 5.56 Å². The maximum Gasteiger partial charge on any atom is 0.258 e. The molecule has 0 atom stereocenters. The predicted molar refractivity (Wildman–Crippen MR) is 97.4 cm³/mol. The van der Waals surface area contributed by atoms with Crippen molar-refractivity contribution in [2.45, 2.75) is 11.3 Å². The first-order valence-electron chi connectivity index (χ1n) is 8.15. The van der Waals surface area contributed by atoms with Crippen LogP contribution in [0.3, 0.4) is 0 Å². The molecule has 0 heterocycles. The molecule has 2 aromatic carbocycles. The fourth-order valence-electron chi connectivity index (χ4n) is 2.17. The summed E-state index contributed by atoms with van der Waals surface area (Å²) in [5, 5.41) is 11.1. The molecular weight excluding hydrogens is 356 g/mol. The highest BCUT2D eigenvalue weighted by Gasteiger charge is 2.13. The Bertz CT molecular complexity index is 792. The number of nitrogens with one attached hydrogen (secondary N) is 2. The van der Waals surface area contributed by atoms with E-state index < -0.39 is 10.0 Å². The molecule has 0 saturated carbocycles. The van der Waals surface area contributed by atoms with Crippen LogP contribution in [0.2, 0.25) is 0 Å². The third kappa shape index (κ3) is 6.47. The predicted octanol–water partition coefficient (Wildman–Crippen LogP) is 0.695. The lowest BCUT2D eigenvalue weighted by Gasteiger charge is -2.09. The molecule has 0 bridgehead atoms. The minimum atomic E-state index is -3.60. The molecule has 0 saturated heterocycles. The summed E-state index contributed by atoms with van der Waals surface area (Å²) in [4.78, 5) is 11.5. The Morgan fingerprint density at radius 3 is 2.35 bits per heavy atom. The molecule has 0 aliphatic carbocycles. The van der Waals surface area contributed by atoms with Crippen molar-refractivity contribution < 1.29 is 23.1 Å². The van der Waals surface area contributed by atoms with Gasteiger partial charge in [-0.05, 0) is 36.2 Å². The molecular formula is C18H22N2O5S. The first-order valence-corrected chi connectivity index (χ1v) is 9.63. The largest absolute Gasteiger partial charge is 0.484 e. The highest BCUT2D eigenvalue weighted by Crippen LogP contribution is 2.16. The highest BCUT2D eigenvalue weighted by molar-refractivity contribution is 7.89. The van der Waals surface area contributed by atoms with Gasteiger partial charge in [0, 0.05) is 13.1 Å². The zero-order chi connectivity index (χ0) is 18.8. The van der Waals surface area contributed by atoms with Crippen LogP contribution < -0.4 is 14.8 Å². The average molecular weight is 378 g/mol. The van der Waals surface area contributed by atoms with Gasteiger partial charge in [0.05, 0.1) is 11.5 Å². The quantitative estimate of drug-likeness (QED) is 0.564. The number of amides is 1. The summed E-state index contributed by atoms with van der Waals surface area (Å²) in [5.74, 6) is 0.0192. The number of benzene rings is 2. The SMILES string of the molecule is O=C(COc1ccc(S(=O)(=O)NCCc2ccccc2)cc1)NCCO. The second kappa shape index (κ2) is 9.91. The molecule has 0 fully saturated rings. The van der Waals surface area contributed by atoms with Crippen LogP contribution in [0, 0.1) is 0 Å². The van der Waals surface area contributed by atoms with Crippen molar-refractivity contribution in [1.29, 1.82) is 0 Å². The van der Waals surface area contributed by atoms with Crippen LogP contribution in [-0.4, -0.2) is 45.7 Å². The molecule has 0 aliphatic heterocycles. The zero-order valence-electron chi connectivity index (χ0n) is 14.2. The fraction of sp³-hybridized carbons (Fsp3) is 0.278. The normalized spacial score (nSPS) is 11.1. The molecule has 0 aromatic heterocycles. The van der Waals surface area contributed by atoms with Gasteiger partial charge in [-0.15, -0.1) is 0 Å². The standard InChI is InChI=1S/C18H22N2O5S/c21-13-12-19-18(22)14-25-16-6-8-17(9-7-16)26(23,24)20-11-10-15-4-2-1-3-5-15/h1-9,20-21H,10-14H2,(H,19,22). The van der Waals surface area contributed by atoms with E-state index in [9.17, 15) is 13.2 Å². The summed E-state index contributed by atoms with van der Waals surface area (Å²) >= 11 is 0. The van der Waals surface area contributed by atoms with Gasteiger partial charge in [-0.2, -0.15) is 0 Å². The number of hydrogen-bond acceptors (Lipinski definition) is 5. The van der Waals surface area contributed by atoms with E-state index in [1.807, 2.05) is 30.3 Å². The van der Waals surface area contributed by atoms with Crippen molar-refractivity contribution in [1.82, 2.24) is 10.0 Å². The molecule has 7 nitrogen and oxygen atoms in total. The van der Waals surface area contributed by atoms with Gasteiger partial charge < -0.3 is 15.2 Å². The van der Waals surface area contributed by atoms with Crippen LogP contribution in [0.4, 0.5) is 0 Å². The van der Waals surface area contributed by atoms with Gasteiger partial charge in [0.25, 0.3) is 5.91 Å². The van der Waals surface area contributed by atoms with Crippen LogP contribution in [-0.2, 0) is 21.2 Å². The molecule has 0 unspecified atom stereocenters. The lowest BCUT2D eigenvalue weighted by Crippen LogP contribution is -2.31. The lowest BCUT2D eigenvalue weighted by molar-refractivity contribution is -0.123. The average Bonchev–Trinajstić information content (AvgIpc) is 2.66. The van der Waals surface area contributed by atoms with Crippen LogP contribution in [0.25, 0.3) is 0 Å². The van der Waals surface area contributed by atoms with Gasteiger partial charge in [-0.1, -0.05) is 30.3 Å². The van der Waals surface area contributed by atoms with Crippen molar-refractivity contribution in [2.75, 3.05) is 26.3 Å². The van der Waals surface area contributed by atoms with Crippen LogP contribution in [0.15, 0.2) is 59.5 Å². The summed E-state index contributed by atoms with van der Waals surface area (Å²) in [6.45, 7) is 0.112. The number of rotatable bonds is 10. The van der Waals surface area contributed by atoms with Gasteiger partial charge in [-0.25, -0.2) is 13.1 Å². The molecule has 0 radical (unpaired) electrons. The molecule has 0 spiro atoms. The minimum Gasteiger partial charge on any atom is -0.484 e. The third-order valence-corrected chi connectivity index (χ3v) is 4.96. The van der Waals surface area contributed by atoms with Gasteiger partial charge in [0.1, 0.15) is 5.75 Å². The monoisotopic (exact) mass is 378 g/mol. The highest BCUT2D eigenvalue weighted by atomic mass is 32.2. The number of carbonyl (C=O) groups excluding carboxylic acids is 1. The van der Waals surface area contributed by atoms with Crippen LogP contribution in [0.1, 0.15) is 5.56 Å². The first-order chi connectivity index (χ1) is 12.5.